The van der Waals surface area contributed by atoms with Crippen LogP contribution in [-0.4, -0.2) is 35.6 Å². The van der Waals surface area contributed by atoms with E-state index in [1.54, 1.807) is 0 Å². The Hall–Kier alpha value is -0.590. The van der Waals surface area contributed by atoms with E-state index in [1.165, 1.54) is 38.6 Å². The Morgan fingerprint density at radius 2 is 2.05 bits per heavy atom. The third-order valence-corrected chi connectivity index (χ3v) is 4.86. The van der Waals surface area contributed by atoms with Crippen molar-refractivity contribution in [1.29, 1.82) is 5.26 Å². The molecule has 0 spiro atoms. The quantitative estimate of drug-likeness (QED) is 0.829. The van der Waals surface area contributed by atoms with Crippen molar-refractivity contribution in [3.05, 3.63) is 0 Å². The van der Waals surface area contributed by atoms with E-state index in [1.807, 2.05) is 6.92 Å². The van der Waals surface area contributed by atoms with Gasteiger partial charge in [-0.15, -0.1) is 0 Å². The van der Waals surface area contributed by atoms with Crippen molar-refractivity contribution in [3.63, 3.8) is 0 Å². The Kier molecular flexibility index (Phi) is 4.86. The number of hydrogen-bond donors (Lipinski definition) is 1. The summed E-state index contributed by atoms with van der Waals surface area (Å²) in [5.74, 6) is 0.945. The van der Waals surface area contributed by atoms with Crippen molar-refractivity contribution in [1.82, 2.24) is 10.2 Å². The average Bonchev–Trinajstić information content (AvgIpc) is 2.84. The van der Waals surface area contributed by atoms with E-state index in [9.17, 15) is 5.26 Å². The molecule has 3 nitrogen and oxygen atoms in total. The molecule has 0 amide bonds. The molecule has 19 heavy (non-hydrogen) atoms. The lowest BCUT2D eigenvalue weighted by molar-refractivity contribution is 0.104. The molecule has 0 aromatic heterocycles. The summed E-state index contributed by atoms with van der Waals surface area (Å²) >= 11 is 0. The molecule has 1 aliphatic carbocycles. The maximum Gasteiger partial charge on any atom is 0.105 e. The maximum absolute atomic E-state index is 9.42. The number of piperidine rings is 1. The predicted octanol–water partition coefficient (Wildman–Crippen LogP) is 2.92. The van der Waals surface area contributed by atoms with Crippen LogP contribution in [0.3, 0.4) is 0 Å². The highest BCUT2D eigenvalue weighted by Gasteiger charge is 2.35. The SMILES string of the molecule is CC(C)NC(C)(C#N)CCN1CCCC2CCCC21. The third-order valence-electron chi connectivity index (χ3n) is 4.86. The van der Waals surface area contributed by atoms with Gasteiger partial charge < -0.3 is 4.90 Å². The molecule has 108 valence electrons. The molecule has 3 heteroatoms. The van der Waals surface area contributed by atoms with Crippen molar-refractivity contribution < 1.29 is 0 Å². The summed E-state index contributed by atoms with van der Waals surface area (Å²) in [7, 11) is 0. The standard InChI is InChI=1S/C16H29N3/c1-13(2)18-16(3,12-17)9-11-19-10-5-7-14-6-4-8-15(14)19/h13-15,18H,4-11H2,1-3H3. The van der Waals surface area contributed by atoms with Crippen LogP contribution in [0.4, 0.5) is 0 Å². The zero-order valence-electron chi connectivity index (χ0n) is 12.8. The summed E-state index contributed by atoms with van der Waals surface area (Å²) in [5, 5.41) is 12.8. The number of hydrogen-bond acceptors (Lipinski definition) is 3. The molecule has 1 aliphatic heterocycles. The van der Waals surface area contributed by atoms with Crippen LogP contribution in [0.5, 0.6) is 0 Å². The van der Waals surface area contributed by atoms with Gasteiger partial charge in [-0.3, -0.25) is 5.32 Å². The molecule has 2 rings (SSSR count). The van der Waals surface area contributed by atoms with E-state index >= 15 is 0 Å². The fourth-order valence-corrected chi connectivity index (χ4v) is 4.00. The van der Waals surface area contributed by atoms with E-state index in [4.69, 9.17) is 0 Å². The molecule has 3 unspecified atom stereocenters. The molecule has 1 N–H and O–H groups in total. The molecule has 1 saturated heterocycles. The monoisotopic (exact) mass is 263 g/mol. The van der Waals surface area contributed by atoms with Gasteiger partial charge in [0.05, 0.1) is 6.07 Å². The van der Waals surface area contributed by atoms with E-state index in [2.05, 4.69) is 30.1 Å². The van der Waals surface area contributed by atoms with Crippen LogP contribution in [0.2, 0.25) is 0 Å². The van der Waals surface area contributed by atoms with Gasteiger partial charge in [0.2, 0.25) is 0 Å². The average molecular weight is 263 g/mol. The van der Waals surface area contributed by atoms with Gasteiger partial charge in [-0.25, -0.2) is 0 Å². The van der Waals surface area contributed by atoms with Gasteiger partial charge in [0.25, 0.3) is 0 Å². The number of fused-ring (bicyclic) bond motifs is 1. The molecule has 1 saturated carbocycles. The molecule has 2 fully saturated rings. The molecule has 0 aromatic carbocycles. The summed E-state index contributed by atoms with van der Waals surface area (Å²) in [4.78, 5) is 2.67. The zero-order valence-corrected chi connectivity index (χ0v) is 12.8. The lowest BCUT2D eigenvalue weighted by atomic mass is 9.90. The highest BCUT2D eigenvalue weighted by molar-refractivity contribution is 5.05. The Morgan fingerprint density at radius 3 is 2.74 bits per heavy atom. The first kappa shape index (κ1) is 14.8. The second-order valence-corrected chi connectivity index (χ2v) is 6.93. The van der Waals surface area contributed by atoms with Crippen molar-refractivity contribution >= 4 is 0 Å². The summed E-state index contributed by atoms with van der Waals surface area (Å²) in [6.07, 6.45) is 7.94. The van der Waals surface area contributed by atoms with Crippen LogP contribution < -0.4 is 5.32 Å². The number of nitriles is 1. The van der Waals surface area contributed by atoms with Crippen LogP contribution >= 0.6 is 0 Å². The first-order chi connectivity index (χ1) is 9.04. The maximum atomic E-state index is 9.42. The lowest BCUT2D eigenvalue weighted by Gasteiger charge is -2.39. The Morgan fingerprint density at radius 1 is 1.32 bits per heavy atom. The van der Waals surface area contributed by atoms with Crippen molar-refractivity contribution in [3.8, 4) is 6.07 Å². The fraction of sp³-hybridized carbons (Fsp3) is 0.938. The van der Waals surface area contributed by atoms with Gasteiger partial charge in [-0.05, 0) is 65.3 Å². The van der Waals surface area contributed by atoms with Crippen LogP contribution in [0.1, 0.15) is 59.3 Å². The first-order valence-corrected chi connectivity index (χ1v) is 7.97. The van der Waals surface area contributed by atoms with Crippen molar-refractivity contribution in [2.24, 2.45) is 5.92 Å². The van der Waals surface area contributed by atoms with E-state index < -0.39 is 0 Å². The van der Waals surface area contributed by atoms with Gasteiger partial charge in [-0.2, -0.15) is 5.26 Å². The number of nitrogens with zero attached hydrogens (tertiary/aromatic N) is 2. The minimum absolute atomic E-state index is 0.366. The summed E-state index contributed by atoms with van der Waals surface area (Å²) in [5.41, 5.74) is -0.375. The van der Waals surface area contributed by atoms with Crippen LogP contribution in [0.25, 0.3) is 0 Å². The number of rotatable bonds is 5. The molecule has 2 aliphatic rings. The second-order valence-electron chi connectivity index (χ2n) is 6.93. The number of likely N-dealkylation sites (tertiary alicyclic amines) is 1. The Labute approximate surface area is 118 Å². The van der Waals surface area contributed by atoms with Crippen LogP contribution in [0, 0.1) is 17.2 Å². The smallest absolute Gasteiger partial charge is 0.105 e. The van der Waals surface area contributed by atoms with Gasteiger partial charge >= 0.3 is 0 Å². The Bertz CT molecular complexity index is 333. The summed E-state index contributed by atoms with van der Waals surface area (Å²) in [6, 6.07) is 3.65. The molecule has 3 atom stereocenters. The molecular formula is C16H29N3. The predicted molar refractivity (Wildman–Crippen MR) is 78.8 cm³/mol. The molecule has 1 heterocycles. The zero-order chi connectivity index (χ0) is 13.9. The highest BCUT2D eigenvalue weighted by atomic mass is 15.2. The first-order valence-electron chi connectivity index (χ1n) is 7.97. The minimum Gasteiger partial charge on any atom is -0.300 e. The third kappa shape index (κ3) is 3.70. The number of nitrogens with one attached hydrogen (secondary N) is 1. The van der Waals surface area contributed by atoms with Crippen molar-refractivity contribution in [2.75, 3.05) is 13.1 Å². The van der Waals surface area contributed by atoms with Crippen molar-refractivity contribution in [2.45, 2.75) is 76.9 Å². The van der Waals surface area contributed by atoms with E-state index in [0.717, 1.165) is 24.9 Å². The minimum atomic E-state index is -0.375. The van der Waals surface area contributed by atoms with E-state index in [0.29, 0.717) is 6.04 Å². The fourth-order valence-electron chi connectivity index (χ4n) is 4.00. The molecule has 0 radical (unpaired) electrons. The van der Waals surface area contributed by atoms with Crippen LogP contribution in [0.15, 0.2) is 0 Å². The van der Waals surface area contributed by atoms with Crippen LogP contribution in [-0.2, 0) is 0 Å². The largest absolute Gasteiger partial charge is 0.300 e. The van der Waals surface area contributed by atoms with Gasteiger partial charge in [0.15, 0.2) is 0 Å². The van der Waals surface area contributed by atoms with E-state index in [-0.39, 0.29) is 5.54 Å². The topological polar surface area (TPSA) is 39.1 Å². The van der Waals surface area contributed by atoms with Gasteiger partial charge in [0, 0.05) is 18.6 Å². The normalized spacial score (nSPS) is 30.9. The van der Waals surface area contributed by atoms with Gasteiger partial charge in [-0.1, -0.05) is 6.42 Å². The van der Waals surface area contributed by atoms with Gasteiger partial charge in [0.1, 0.15) is 5.54 Å². The molecular weight excluding hydrogens is 234 g/mol. The highest BCUT2D eigenvalue weighted by Crippen LogP contribution is 2.36. The molecule has 0 bridgehead atoms. The Balaban J connectivity index is 1.88. The lowest BCUT2D eigenvalue weighted by Crippen LogP contribution is -2.49. The summed E-state index contributed by atoms with van der Waals surface area (Å²) < 4.78 is 0. The second kappa shape index (κ2) is 6.24. The molecule has 0 aromatic rings. The summed E-state index contributed by atoms with van der Waals surface area (Å²) in [6.45, 7) is 8.59.